The summed E-state index contributed by atoms with van der Waals surface area (Å²) in [5, 5.41) is 0. The minimum absolute atomic E-state index is 0.264. The molecule has 0 aromatic carbocycles. The fourth-order valence-electron chi connectivity index (χ4n) is 4.88. The number of nitrogens with zero attached hydrogens (tertiary/aromatic N) is 4. The van der Waals surface area contributed by atoms with Crippen LogP contribution in [0.2, 0.25) is 0 Å². The molecule has 0 N–H and O–H groups in total. The van der Waals surface area contributed by atoms with Crippen molar-refractivity contribution in [3.8, 4) is 0 Å². The monoisotopic (exact) mass is 352 g/mol. The van der Waals surface area contributed by atoms with E-state index < -0.39 is 0 Å². The van der Waals surface area contributed by atoms with Crippen LogP contribution in [0, 0.1) is 0 Å². The van der Waals surface area contributed by atoms with Gasteiger partial charge >= 0.3 is 0 Å². The van der Waals surface area contributed by atoms with Gasteiger partial charge in [-0.15, -0.1) is 0 Å². The Balaban J connectivity index is 1.93. The minimum atomic E-state index is 0.264. The van der Waals surface area contributed by atoms with E-state index in [1.807, 2.05) is 0 Å². The van der Waals surface area contributed by atoms with Crippen LogP contribution in [0.25, 0.3) is 0 Å². The van der Waals surface area contributed by atoms with Crippen molar-refractivity contribution >= 4 is 0 Å². The predicted octanol–water partition coefficient (Wildman–Crippen LogP) is 2.99. The highest BCUT2D eigenvalue weighted by Gasteiger charge is 2.32. The number of hydrogen-bond acceptors (Lipinski definition) is 4. The molecule has 0 radical (unpaired) electrons. The molecule has 2 rings (SSSR count). The predicted molar refractivity (Wildman–Crippen MR) is 109 cm³/mol. The lowest BCUT2D eigenvalue weighted by atomic mass is 10.0. The summed E-state index contributed by atoms with van der Waals surface area (Å²) in [6, 6.07) is 2.01. The van der Waals surface area contributed by atoms with Crippen molar-refractivity contribution in [3.05, 3.63) is 0 Å². The summed E-state index contributed by atoms with van der Waals surface area (Å²) in [6.07, 6.45) is 2.61. The van der Waals surface area contributed by atoms with Crippen molar-refractivity contribution in [2.45, 2.75) is 85.0 Å². The standard InChI is InChI=1S/C21H44N4/c1-18(2)23-11-9-12-24(15-14-23)21(6,7)17-22-10-8-13-25(19(3)4)20(5)16-22/h18-20H,8-17H2,1-7H3/t20-/m0/s1. The lowest BCUT2D eigenvalue weighted by Gasteiger charge is -2.42. The van der Waals surface area contributed by atoms with Gasteiger partial charge in [0, 0.05) is 49.8 Å². The highest BCUT2D eigenvalue weighted by Crippen LogP contribution is 2.22. The highest BCUT2D eigenvalue weighted by molar-refractivity contribution is 4.90. The van der Waals surface area contributed by atoms with Crippen LogP contribution >= 0.6 is 0 Å². The molecule has 2 aliphatic heterocycles. The molecule has 0 unspecified atom stereocenters. The molecule has 2 heterocycles. The van der Waals surface area contributed by atoms with Crippen molar-refractivity contribution in [3.63, 3.8) is 0 Å². The molecule has 0 amide bonds. The third kappa shape index (κ3) is 5.92. The molecule has 148 valence electrons. The Morgan fingerprint density at radius 1 is 0.840 bits per heavy atom. The summed E-state index contributed by atoms with van der Waals surface area (Å²) in [6.45, 7) is 26.6. The van der Waals surface area contributed by atoms with Gasteiger partial charge in [0.05, 0.1) is 0 Å². The Labute approximate surface area is 157 Å². The molecule has 2 fully saturated rings. The van der Waals surface area contributed by atoms with E-state index in [4.69, 9.17) is 0 Å². The van der Waals surface area contributed by atoms with Crippen LogP contribution in [0.4, 0.5) is 0 Å². The Bertz CT molecular complexity index is 393. The zero-order valence-corrected chi connectivity index (χ0v) is 18.1. The van der Waals surface area contributed by atoms with Crippen LogP contribution < -0.4 is 0 Å². The van der Waals surface area contributed by atoms with Crippen LogP contribution in [0.3, 0.4) is 0 Å². The quantitative estimate of drug-likeness (QED) is 0.754. The first kappa shape index (κ1) is 21.1. The van der Waals surface area contributed by atoms with Gasteiger partial charge in [0.1, 0.15) is 0 Å². The average Bonchev–Trinajstić information content (AvgIpc) is 2.85. The maximum Gasteiger partial charge on any atom is 0.0280 e. The second kappa shape index (κ2) is 9.16. The molecule has 0 aliphatic carbocycles. The van der Waals surface area contributed by atoms with Crippen LogP contribution in [-0.4, -0.2) is 95.6 Å². The molecule has 0 spiro atoms. The molecular weight excluding hydrogens is 308 g/mol. The zero-order valence-electron chi connectivity index (χ0n) is 18.1. The van der Waals surface area contributed by atoms with Crippen molar-refractivity contribution in [2.75, 3.05) is 52.4 Å². The van der Waals surface area contributed by atoms with Gasteiger partial charge < -0.3 is 0 Å². The van der Waals surface area contributed by atoms with Gasteiger partial charge in [-0.05, 0) is 87.5 Å². The lowest BCUT2D eigenvalue weighted by molar-refractivity contribution is 0.0695. The Morgan fingerprint density at radius 3 is 2.16 bits per heavy atom. The molecule has 0 aromatic rings. The molecule has 0 aromatic heterocycles. The average molecular weight is 353 g/mol. The molecule has 0 saturated carbocycles. The van der Waals surface area contributed by atoms with E-state index in [0.717, 1.165) is 0 Å². The van der Waals surface area contributed by atoms with Gasteiger partial charge in [0.2, 0.25) is 0 Å². The normalized spacial score (nSPS) is 27.0. The first-order chi connectivity index (χ1) is 11.7. The molecular formula is C21H44N4. The van der Waals surface area contributed by atoms with Crippen molar-refractivity contribution in [2.24, 2.45) is 0 Å². The van der Waals surface area contributed by atoms with Gasteiger partial charge in [0.25, 0.3) is 0 Å². The lowest BCUT2D eigenvalue weighted by Crippen LogP contribution is -2.54. The first-order valence-corrected chi connectivity index (χ1v) is 10.7. The van der Waals surface area contributed by atoms with Crippen LogP contribution in [0.1, 0.15) is 61.3 Å². The molecule has 2 aliphatic rings. The highest BCUT2D eigenvalue weighted by atomic mass is 15.3. The van der Waals surface area contributed by atoms with Crippen LogP contribution in [0.15, 0.2) is 0 Å². The maximum atomic E-state index is 2.76. The molecule has 0 bridgehead atoms. The molecule has 1 atom stereocenters. The van der Waals surface area contributed by atoms with Gasteiger partial charge in [-0.2, -0.15) is 0 Å². The topological polar surface area (TPSA) is 13.0 Å². The number of rotatable bonds is 5. The van der Waals surface area contributed by atoms with Gasteiger partial charge in [-0.3, -0.25) is 19.6 Å². The van der Waals surface area contributed by atoms with Crippen LogP contribution in [-0.2, 0) is 0 Å². The van der Waals surface area contributed by atoms with Crippen molar-refractivity contribution < 1.29 is 0 Å². The smallest absolute Gasteiger partial charge is 0.0280 e. The zero-order chi connectivity index (χ0) is 18.6. The fraction of sp³-hybridized carbons (Fsp3) is 1.00. The molecule has 4 nitrogen and oxygen atoms in total. The SMILES string of the molecule is CC(C)N1CCCN(C(C)(C)CN2CCCN(C(C)C)[C@@H](C)C2)CC1. The van der Waals surface area contributed by atoms with Gasteiger partial charge in [-0.1, -0.05) is 0 Å². The first-order valence-electron chi connectivity index (χ1n) is 10.7. The van der Waals surface area contributed by atoms with Crippen molar-refractivity contribution in [1.82, 2.24) is 19.6 Å². The summed E-state index contributed by atoms with van der Waals surface area (Å²) < 4.78 is 0. The number of hydrogen-bond donors (Lipinski definition) is 0. The molecule has 2 saturated heterocycles. The van der Waals surface area contributed by atoms with Gasteiger partial charge in [0.15, 0.2) is 0 Å². The third-order valence-electron chi connectivity index (χ3n) is 6.37. The molecule has 4 heteroatoms. The van der Waals surface area contributed by atoms with Crippen molar-refractivity contribution in [1.29, 1.82) is 0 Å². The fourth-order valence-corrected chi connectivity index (χ4v) is 4.88. The Hall–Kier alpha value is -0.160. The summed E-state index contributed by atoms with van der Waals surface area (Å²) in [5.41, 5.74) is 0.264. The second-order valence-corrected chi connectivity index (χ2v) is 9.55. The minimum Gasteiger partial charge on any atom is -0.300 e. The van der Waals surface area contributed by atoms with E-state index in [-0.39, 0.29) is 5.54 Å². The van der Waals surface area contributed by atoms with Crippen LogP contribution in [0.5, 0.6) is 0 Å². The van der Waals surface area contributed by atoms with E-state index in [1.54, 1.807) is 0 Å². The van der Waals surface area contributed by atoms with Gasteiger partial charge in [-0.25, -0.2) is 0 Å². The summed E-state index contributed by atoms with van der Waals surface area (Å²) >= 11 is 0. The van der Waals surface area contributed by atoms with E-state index >= 15 is 0 Å². The second-order valence-electron chi connectivity index (χ2n) is 9.55. The summed E-state index contributed by atoms with van der Waals surface area (Å²) in [4.78, 5) is 10.8. The van der Waals surface area contributed by atoms with E-state index in [9.17, 15) is 0 Å². The maximum absolute atomic E-state index is 2.76. The Morgan fingerprint density at radius 2 is 1.52 bits per heavy atom. The molecule has 25 heavy (non-hydrogen) atoms. The summed E-state index contributed by atoms with van der Waals surface area (Å²) in [5.74, 6) is 0. The Kier molecular flexibility index (Phi) is 7.75. The van der Waals surface area contributed by atoms with E-state index in [1.165, 1.54) is 65.2 Å². The van der Waals surface area contributed by atoms with E-state index in [0.29, 0.717) is 18.1 Å². The van der Waals surface area contributed by atoms with E-state index in [2.05, 4.69) is 68.1 Å². The third-order valence-corrected chi connectivity index (χ3v) is 6.37. The summed E-state index contributed by atoms with van der Waals surface area (Å²) in [7, 11) is 0. The largest absolute Gasteiger partial charge is 0.300 e.